The lowest BCUT2D eigenvalue weighted by atomic mass is 9.97. The van der Waals surface area contributed by atoms with Crippen molar-refractivity contribution in [2.75, 3.05) is 32.8 Å². The molecule has 2 aromatic carbocycles. The minimum absolute atomic E-state index is 0.129. The number of ether oxygens (including phenoxy) is 1. The van der Waals surface area contributed by atoms with E-state index in [4.69, 9.17) is 4.74 Å². The highest BCUT2D eigenvalue weighted by molar-refractivity contribution is 6.39. The Balaban J connectivity index is 1.61. The van der Waals surface area contributed by atoms with Crippen LogP contribution in [0.2, 0.25) is 0 Å². The summed E-state index contributed by atoms with van der Waals surface area (Å²) in [5.74, 6) is -0.655. The molecule has 0 unspecified atom stereocenters. The van der Waals surface area contributed by atoms with Gasteiger partial charge in [0.2, 0.25) is 0 Å². The van der Waals surface area contributed by atoms with Crippen molar-refractivity contribution in [1.29, 1.82) is 0 Å². The summed E-state index contributed by atoms with van der Waals surface area (Å²) in [6.45, 7) is 4.71. The maximum absolute atomic E-state index is 13.1. The Hall–Kier alpha value is -3.95. The summed E-state index contributed by atoms with van der Waals surface area (Å²) in [6.07, 6.45) is 3.53. The highest BCUT2D eigenvalue weighted by Gasteiger charge is 2.35. The highest BCUT2D eigenvalue weighted by Crippen LogP contribution is 2.43. The van der Waals surface area contributed by atoms with Crippen molar-refractivity contribution in [1.82, 2.24) is 24.8 Å². The minimum atomic E-state index is -0.399. The zero-order valence-electron chi connectivity index (χ0n) is 18.2. The third-order valence-electron chi connectivity index (χ3n) is 7.06. The van der Waals surface area contributed by atoms with Crippen LogP contribution in [0.5, 0.6) is 5.75 Å². The number of phenolic OH excluding ortho intramolecular Hbond substituents is 1. The molecule has 3 aromatic heterocycles. The molecule has 0 bridgehead atoms. The van der Waals surface area contributed by atoms with Crippen LogP contribution >= 0.6 is 0 Å². The number of hydrogen-bond donors (Lipinski definition) is 3. The van der Waals surface area contributed by atoms with Gasteiger partial charge in [-0.2, -0.15) is 0 Å². The number of amides is 2. The first-order chi connectivity index (χ1) is 16.6. The Morgan fingerprint density at radius 2 is 1.79 bits per heavy atom. The predicted molar refractivity (Wildman–Crippen MR) is 127 cm³/mol. The summed E-state index contributed by atoms with van der Waals surface area (Å²) in [5, 5.41) is 15.7. The van der Waals surface area contributed by atoms with Crippen LogP contribution in [0.15, 0.2) is 36.7 Å². The molecule has 5 aromatic rings. The molecule has 7 rings (SSSR count). The standard InChI is InChI=1S/C25H21N5O4/c31-13-1-2-14-16(11-13)27-22-18(14)20-21(25(33)28-24(20)32)19-15-3-4-26-12-17(15)30(23(19)22)6-5-29-7-9-34-10-8-29/h1-4,11-12,27,31H,5-10H2,(H,28,32,33). The summed E-state index contributed by atoms with van der Waals surface area (Å²) < 4.78 is 7.69. The Kier molecular flexibility index (Phi) is 4.03. The lowest BCUT2D eigenvalue weighted by Crippen LogP contribution is -2.38. The molecule has 5 heterocycles. The molecule has 0 spiro atoms. The van der Waals surface area contributed by atoms with Crippen molar-refractivity contribution >= 4 is 55.4 Å². The fraction of sp³-hybridized carbons (Fsp3) is 0.240. The Bertz CT molecular complexity index is 1680. The van der Waals surface area contributed by atoms with Crippen LogP contribution in [0.4, 0.5) is 0 Å². The number of rotatable bonds is 3. The smallest absolute Gasteiger partial charge is 0.259 e. The van der Waals surface area contributed by atoms with Crippen LogP contribution in [0, 0.1) is 0 Å². The number of benzene rings is 2. The van der Waals surface area contributed by atoms with Gasteiger partial charge in [0, 0.05) is 60.0 Å². The number of aromatic amines is 1. The van der Waals surface area contributed by atoms with Gasteiger partial charge in [-0.05, 0) is 18.2 Å². The second kappa shape index (κ2) is 7.02. The Labute approximate surface area is 192 Å². The number of nitrogens with one attached hydrogen (secondary N) is 2. The number of phenols is 1. The first-order valence-electron chi connectivity index (χ1n) is 11.3. The molecule has 0 aliphatic carbocycles. The molecule has 3 N–H and O–H groups in total. The van der Waals surface area contributed by atoms with Gasteiger partial charge in [0.1, 0.15) is 5.75 Å². The molecule has 0 atom stereocenters. The molecule has 1 fully saturated rings. The van der Waals surface area contributed by atoms with Gasteiger partial charge >= 0.3 is 0 Å². The maximum Gasteiger partial charge on any atom is 0.259 e. The lowest BCUT2D eigenvalue weighted by molar-refractivity contribution is 0.0366. The van der Waals surface area contributed by atoms with Gasteiger partial charge in [-0.25, -0.2) is 0 Å². The number of aromatic nitrogens is 3. The summed E-state index contributed by atoms with van der Waals surface area (Å²) in [7, 11) is 0. The van der Waals surface area contributed by atoms with Gasteiger partial charge in [-0.1, -0.05) is 0 Å². The number of H-pyrrole nitrogens is 1. The summed E-state index contributed by atoms with van der Waals surface area (Å²) >= 11 is 0. The van der Waals surface area contributed by atoms with Gasteiger partial charge in [0.05, 0.1) is 52.6 Å². The van der Waals surface area contributed by atoms with Crippen molar-refractivity contribution in [2.45, 2.75) is 6.54 Å². The van der Waals surface area contributed by atoms with E-state index in [1.807, 2.05) is 12.3 Å². The van der Waals surface area contributed by atoms with Crippen LogP contribution in [0.25, 0.3) is 43.6 Å². The monoisotopic (exact) mass is 455 g/mol. The summed E-state index contributed by atoms with van der Waals surface area (Å²) in [5.41, 5.74) is 4.05. The van der Waals surface area contributed by atoms with Gasteiger partial charge in [-0.15, -0.1) is 0 Å². The number of nitrogens with zero attached hydrogens (tertiary/aromatic N) is 3. The van der Waals surface area contributed by atoms with Crippen molar-refractivity contribution in [3.05, 3.63) is 47.8 Å². The molecule has 9 nitrogen and oxygen atoms in total. The summed E-state index contributed by atoms with van der Waals surface area (Å²) in [6, 6.07) is 6.93. The van der Waals surface area contributed by atoms with E-state index in [1.165, 1.54) is 0 Å². The van der Waals surface area contributed by atoms with Gasteiger partial charge in [0.25, 0.3) is 11.8 Å². The van der Waals surface area contributed by atoms with E-state index in [9.17, 15) is 14.7 Å². The molecule has 170 valence electrons. The number of aromatic hydroxyl groups is 1. The van der Waals surface area contributed by atoms with Crippen LogP contribution in [0.1, 0.15) is 20.7 Å². The topological polar surface area (TPSA) is 112 Å². The van der Waals surface area contributed by atoms with E-state index < -0.39 is 5.91 Å². The highest BCUT2D eigenvalue weighted by atomic mass is 16.5. The zero-order chi connectivity index (χ0) is 23.0. The fourth-order valence-electron chi connectivity index (χ4n) is 5.56. The SMILES string of the molecule is O=C1NC(=O)c2c1c1c3ccc(O)cc3[nH]c1c1c2c2ccncc2n1CCN1CCOCC1. The van der Waals surface area contributed by atoms with Crippen molar-refractivity contribution < 1.29 is 19.4 Å². The molecule has 0 radical (unpaired) electrons. The zero-order valence-corrected chi connectivity index (χ0v) is 18.2. The van der Waals surface area contributed by atoms with Crippen molar-refractivity contribution in [3.8, 4) is 5.75 Å². The second-order valence-corrected chi connectivity index (χ2v) is 8.86. The van der Waals surface area contributed by atoms with Crippen LogP contribution < -0.4 is 5.32 Å². The average molecular weight is 455 g/mol. The minimum Gasteiger partial charge on any atom is -0.508 e. The number of fused-ring (bicyclic) bond motifs is 10. The van der Waals surface area contributed by atoms with Crippen molar-refractivity contribution in [2.24, 2.45) is 0 Å². The Morgan fingerprint density at radius 1 is 1.00 bits per heavy atom. The van der Waals surface area contributed by atoms with E-state index in [0.29, 0.717) is 28.6 Å². The van der Waals surface area contributed by atoms with Crippen molar-refractivity contribution in [3.63, 3.8) is 0 Å². The molecule has 2 amide bonds. The first-order valence-corrected chi connectivity index (χ1v) is 11.3. The molecule has 9 heteroatoms. The third kappa shape index (κ3) is 2.59. The molecule has 2 aliphatic heterocycles. The number of morpholine rings is 1. The van der Waals surface area contributed by atoms with Gasteiger partial charge in [0.15, 0.2) is 0 Å². The number of imide groups is 1. The molecular weight excluding hydrogens is 434 g/mol. The number of carbonyl (C=O) groups is 2. The van der Waals surface area contributed by atoms with Crippen LogP contribution in [0.3, 0.4) is 0 Å². The number of pyridine rings is 1. The van der Waals surface area contributed by atoms with E-state index in [2.05, 4.69) is 24.8 Å². The molecule has 0 saturated carbocycles. The molecule has 1 saturated heterocycles. The molecular formula is C25H21N5O4. The fourth-order valence-corrected chi connectivity index (χ4v) is 5.56. The van der Waals surface area contributed by atoms with E-state index in [1.54, 1.807) is 24.4 Å². The van der Waals surface area contributed by atoms with E-state index >= 15 is 0 Å². The average Bonchev–Trinajstić information content (AvgIpc) is 3.47. The van der Waals surface area contributed by atoms with Crippen LogP contribution in [-0.2, 0) is 11.3 Å². The first kappa shape index (κ1) is 19.5. The van der Waals surface area contributed by atoms with Gasteiger partial charge in [-0.3, -0.25) is 24.8 Å². The largest absolute Gasteiger partial charge is 0.508 e. The lowest BCUT2D eigenvalue weighted by Gasteiger charge is -2.26. The number of hydrogen-bond acceptors (Lipinski definition) is 6. The third-order valence-corrected chi connectivity index (χ3v) is 7.06. The normalized spacial score (nSPS) is 16.8. The summed E-state index contributed by atoms with van der Waals surface area (Å²) in [4.78, 5) is 36.2. The van der Waals surface area contributed by atoms with Gasteiger partial charge < -0.3 is 19.4 Å². The maximum atomic E-state index is 13.1. The predicted octanol–water partition coefficient (Wildman–Crippen LogP) is 2.75. The second-order valence-electron chi connectivity index (χ2n) is 8.86. The molecule has 2 aliphatic rings. The van der Waals surface area contributed by atoms with E-state index in [0.717, 1.165) is 65.6 Å². The number of carbonyl (C=O) groups excluding carboxylic acids is 2. The van der Waals surface area contributed by atoms with Crippen LogP contribution in [-0.4, -0.2) is 69.2 Å². The quantitative estimate of drug-likeness (QED) is 0.361. The van der Waals surface area contributed by atoms with E-state index in [-0.39, 0.29) is 11.7 Å². The Morgan fingerprint density at radius 3 is 2.62 bits per heavy atom. The molecule has 34 heavy (non-hydrogen) atoms.